The first-order valence-corrected chi connectivity index (χ1v) is 6.92. The second-order valence-electron chi connectivity index (χ2n) is 3.80. The first-order chi connectivity index (χ1) is 9.03. The van der Waals surface area contributed by atoms with Gasteiger partial charge in [0.05, 0.1) is 11.7 Å². The molecule has 2 aromatic rings. The van der Waals surface area contributed by atoms with E-state index < -0.39 is 16.1 Å². The summed E-state index contributed by atoms with van der Waals surface area (Å²) in [5, 5.41) is 13.1. The van der Waals surface area contributed by atoms with Crippen molar-refractivity contribution in [2.75, 3.05) is 0 Å². The molecule has 0 aliphatic carbocycles. The van der Waals surface area contributed by atoms with Gasteiger partial charge < -0.3 is 5.73 Å². The molecule has 2 aromatic heterocycles. The number of aromatic amines is 1. The van der Waals surface area contributed by atoms with E-state index in [9.17, 15) is 8.42 Å². The van der Waals surface area contributed by atoms with E-state index in [1.807, 2.05) is 0 Å². The van der Waals surface area contributed by atoms with Crippen molar-refractivity contribution in [1.29, 1.82) is 0 Å². The number of nitrogens with one attached hydrogen (secondary N) is 2. The monoisotopic (exact) mass is 283 g/mol. The van der Waals surface area contributed by atoms with Crippen molar-refractivity contribution in [2.24, 2.45) is 5.73 Å². The topological polar surface area (TPSA) is 140 Å². The van der Waals surface area contributed by atoms with E-state index >= 15 is 0 Å². The number of pyridine rings is 1. The standard InChI is InChI=1S/C9H13N7O2S/c1-6(9-12-15-16-13-9)14-19(17,18)8-3-2-7(4-10)11-5-8/h2-3,5-6,14H,4,10H2,1H3,(H,12,13,15,16). The number of aromatic nitrogens is 5. The Morgan fingerprint density at radius 1 is 1.47 bits per heavy atom. The number of tetrazole rings is 1. The van der Waals surface area contributed by atoms with Gasteiger partial charge in [0, 0.05) is 12.7 Å². The minimum absolute atomic E-state index is 0.0556. The lowest BCUT2D eigenvalue weighted by atomic mass is 10.3. The molecule has 0 aliphatic rings. The molecule has 2 rings (SSSR count). The van der Waals surface area contributed by atoms with Crippen LogP contribution in [0.4, 0.5) is 0 Å². The molecule has 9 nitrogen and oxygen atoms in total. The molecule has 4 N–H and O–H groups in total. The highest BCUT2D eigenvalue weighted by atomic mass is 32.2. The molecular weight excluding hydrogens is 270 g/mol. The minimum atomic E-state index is -3.69. The van der Waals surface area contributed by atoms with Crippen LogP contribution in [0.15, 0.2) is 23.2 Å². The van der Waals surface area contributed by atoms with Gasteiger partial charge in [0.2, 0.25) is 10.0 Å². The zero-order valence-corrected chi connectivity index (χ0v) is 10.9. The summed E-state index contributed by atoms with van der Waals surface area (Å²) in [5.74, 6) is 0.259. The third-order valence-electron chi connectivity index (χ3n) is 2.40. The Hall–Kier alpha value is -1.91. The van der Waals surface area contributed by atoms with Crippen LogP contribution in [0.3, 0.4) is 0 Å². The predicted octanol–water partition coefficient (Wildman–Crippen LogP) is -0.907. The highest BCUT2D eigenvalue weighted by Gasteiger charge is 2.20. The fourth-order valence-electron chi connectivity index (χ4n) is 1.40. The highest BCUT2D eigenvalue weighted by molar-refractivity contribution is 7.89. The van der Waals surface area contributed by atoms with Crippen LogP contribution in [0, 0.1) is 0 Å². The number of hydrogen-bond donors (Lipinski definition) is 3. The van der Waals surface area contributed by atoms with Crippen LogP contribution in [-0.2, 0) is 16.6 Å². The molecule has 0 saturated heterocycles. The summed E-state index contributed by atoms with van der Waals surface area (Å²) in [4.78, 5) is 4.00. The molecule has 1 atom stereocenters. The van der Waals surface area contributed by atoms with Crippen LogP contribution in [0.2, 0.25) is 0 Å². The Bertz CT molecular complexity index is 623. The SMILES string of the molecule is CC(NS(=O)(=O)c1ccc(CN)nc1)c1nn[nH]n1. The average molecular weight is 283 g/mol. The normalized spacial score (nSPS) is 13.4. The highest BCUT2D eigenvalue weighted by Crippen LogP contribution is 2.12. The van der Waals surface area contributed by atoms with E-state index in [-0.39, 0.29) is 17.3 Å². The molecule has 0 aliphatic heterocycles. The molecule has 1 unspecified atom stereocenters. The van der Waals surface area contributed by atoms with Crippen molar-refractivity contribution in [2.45, 2.75) is 24.4 Å². The van der Waals surface area contributed by atoms with E-state index in [4.69, 9.17) is 5.73 Å². The van der Waals surface area contributed by atoms with Gasteiger partial charge in [0.1, 0.15) is 4.90 Å². The lowest BCUT2D eigenvalue weighted by molar-refractivity contribution is 0.559. The first kappa shape index (κ1) is 13.5. The van der Waals surface area contributed by atoms with Crippen molar-refractivity contribution in [3.05, 3.63) is 29.8 Å². The number of H-pyrrole nitrogens is 1. The van der Waals surface area contributed by atoms with Gasteiger partial charge in [-0.15, -0.1) is 10.2 Å². The molecule has 0 amide bonds. The van der Waals surface area contributed by atoms with E-state index in [0.717, 1.165) is 0 Å². The Kier molecular flexibility index (Phi) is 3.83. The molecule has 0 saturated carbocycles. The van der Waals surface area contributed by atoms with Crippen LogP contribution in [0.5, 0.6) is 0 Å². The van der Waals surface area contributed by atoms with Crippen molar-refractivity contribution < 1.29 is 8.42 Å². The van der Waals surface area contributed by atoms with Crippen LogP contribution in [0.25, 0.3) is 0 Å². The van der Waals surface area contributed by atoms with E-state index in [1.165, 1.54) is 12.3 Å². The molecule has 19 heavy (non-hydrogen) atoms. The van der Waals surface area contributed by atoms with Crippen molar-refractivity contribution in [1.82, 2.24) is 30.3 Å². The van der Waals surface area contributed by atoms with Gasteiger partial charge in [-0.2, -0.15) is 5.21 Å². The third kappa shape index (κ3) is 3.10. The molecule has 0 spiro atoms. The van der Waals surface area contributed by atoms with E-state index in [2.05, 4.69) is 30.3 Å². The van der Waals surface area contributed by atoms with Gasteiger partial charge in [0.15, 0.2) is 5.82 Å². The lowest BCUT2D eigenvalue weighted by Gasteiger charge is -2.10. The fourth-order valence-corrected chi connectivity index (χ4v) is 2.54. The summed E-state index contributed by atoms with van der Waals surface area (Å²) in [6, 6.07) is 2.41. The number of sulfonamides is 1. The van der Waals surface area contributed by atoms with Crippen molar-refractivity contribution in [3.63, 3.8) is 0 Å². The van der Waals surface area contributed by atoms with Crippen LogP contribution >= 0.6 is 0 Å². The molecule has 102 valence electrons. The molecule has 0 fully saturated rings. The largest absolute Gasteiger partial charge is 0.325 e. The van der Waals surface area contributed by atoms with E-state index in [0.29, 0.717) is 5.69 Å². The number of rotatable bonds is 5. The Balaban J connectivity index is 2.17. The summed E-state index contributed by atoms with van der Waals surface area (Å²) in [6.45, 7) is 1.87. The van der Waals surface area contributed by atoms with Gasteiger partial charge in [-0.05, 0) is 19.1 Å². The quantitative estimate of drug-likeness (QED) is 0.645. The number of nitrogens with zero attached hydrogens (tertiary/aromatic N) is 4. The van der Waals surface area contributed by atoms with Crippen molar-refractivity contribution in [3.8, 4) is 0 Å². The number of nitrogens with two attached hydrogens (primary N) is 1. The number of hydrogen-bond acceptors (Lipinski definition) is 7. The second kappa shape index (κ2) is 5.38. The maximum atomic E-state index is 12.1. The first-order valence-electron chi connectivity index (χ1n) is 5.43. The minimum Gasteiger partial charge on any atom is -0.325 e. The molecular formula is C9H13N7O2S. The van der Waals surface area contributed by atoms with Crippen LogP contribution in [0.1, 0.15) is 24.5 Å². The zero-order chi connectivity index (χ0) is 13.9. The molecule has 0 bridgehead atoms. The van der Waals surface area contributed by atoms with Gasteiger partial charge in [-0.3, -0.25) is 4.98 Å². The maximum absolute atomic E-state index is 12.1. The fraction of sp³-hybridized carbons (Fsp3) is 0.333. The second-order valence-corrected chi connectivity index (χ2v) is 5.52. The van der Waals surface area contributed by atoms with Gasteiger partial charge in [-0.1, -0.05) is 5.21 Å². The Labute approximate surface area is 109 Å². The summed E-state index contributed by atoms with van der Waals surface area (Å²) in [7, 11) is -3.69. The zero-order valence-electron chi connectivity index (χ0n) is 10.1. The summed E-state index contributed by atoms with van der Waals surface area (Å²) >= 11 is 0. The molecule has 0 aromatic carbocycles. The Morgan fingerprint density at radius 3 is 2.79 bits per heavy atom. The maximum Gasteiger partial charge on any atom is 0.242 e. The van der Waals surface area contributed by atoms with E-state index in [1.54, 1.807) is 13.0 Å². The predicted molar refractivity (Wildman–Crippen MR) is 65.0 cm³/mol. The molecule has 2 heterocycles. The lowest BCUT2D eigenvalue weighted by Crippen LogP contribution is -2.27. The van der Waals surface area contributed by atoms with Crippen LogP contribution < -0.4 is 10.5 Å². The Morgan fingerprint density at radius 2 is 2.26 bits per heavy atom. The van der Waals surface area contributed by atoms with Crippen LogP contribution in [-0.4, -0.2) is 34.0 Å². The van der Waals surface area contributed by atoms with Gasteiger partial charge in [0.25, 0.3) is 0 Å². The molecule has 0 radical (unpaired) electrons. The smallest absolute Gasteiger partial charge is 0.242 e. The third-order valence-corrected chi connectivity index (χ3v) is 3.92. The van der Waals surface area contributed by atoms with Gasteiger partial charge in [-0.25, -0.2) is 13.1 Å². The summed E-state index contributed by atoms with van der Waals surface area (Å²) in [5.41, 5.74) is 6.02. The average Bonchev–Trinajstić information content (AvgIpc) is 2.92. The van der Waals surface area contributed by atoms with Crippen molar-refractivity contribution >= 4 is 10.0 Å². The van der Waals surface area contributed by atoms with Gasteiger partial charge >= 0.3 is 0 Å². The summed E-state index contributed by atoms with van der Waals surface area (Å²) < 4.78 is 26.6. The molecule has 10 heteroatoms. The summed E-state index contributed by atoms with van der Waals surface area (Å²) in [6.07, 6.45) is 1.26.